The third-order valence-corrected chi connectivity index (χ3v) is 3.73. The quantitative estimate of drug-likeness (QED) is 0.898. The van der Waals surface area contributed by atoms with E-state index in [9.17, 15) is 9.18 Å². The predicted molar refractivity (Wildman–Crippen MR) is 78.2 cm³/mol. The van der Waals surface area contributed by atoms with E-state index in [2.05, 4.69) is 12.2 Å². The van der Waals surface area contributed by atoms with Gasteiger partial charge in [-0.05, 0) is 50.1 Å². The lowest BCUT2D eigenvalue weighted by molar-refractivity contribution is 0.0731. The number of rotatable bonds is 5. The van der Waals surface area contributed by atoms with Crippen LogP contribution in [0.5, 0.6) is 0 Å². The van der Waals surface area contributed by atoms with Crippen molar-refractivity contribution < 1.29 is 9.18 Å². The summed E-state index contributed by atoms with van der Waals surface area (Å²) >= 11 is 0. The van der Waals surface area contributed by atoms with Gasteiger partial charge in [-0.15, -0.1) is 0 Å². The smallest absolute Gasteiger partial charge is 0.253 e. The van der Waals surface area contributed by atoms with Gasteiger partial charge in [-0.1, -0.05) is 13.3 Å². The van der Waals surface area contributed by atoms with E-state index < -0.39 is 0 Å². The molecule has 1 amide bonds. The van der Waals surface area contributed by atoms with E-state index in [4.69, 9.17) is 0 Å². The van der Waals surface area contributed by atoms with Crippen molar-refractivity contribution >= 4 is 5.91 Å². The van der Waals surface area contributed by atoms with E-state index in [0.717, 1.165) is 32.5 Å². The Hall–Kier alpha value is -1.42. The lowest BCUT2D eigenvalue weighted by atomic mass is 10.0. The molecule has 3 nitrogen and oxygen atoms in total. The Morgan fingerprint density at radius 1 is 1.35 bits per heavy atom. The number of halogens is 1. The Kier molecular flexibility index (Phi) is 5.53. The zero-order valence-electron chi connectivity index (χ0n) is 12.1. The minimum atomic E-state index is -0.308. The highest BCUT2D eigenvalue weighted by Gasteiger charge is 2.20. The molecule has 1 unspecified atom stereocenters. The molecular weight excluding hydrogens is 255 g/mol. The maximum atomic E-state index is 12.9. The second kappa shape index (κ2) is 7.39. The molecule has 2 rings (SSSR count). The Morgan fingerprint density at radius 3 is 2.70 bits per heavy atom. The SMILES string of the molecule is CCCN(CC1CCCCN1)C(=O)c1ccc(F)cc1. The van der Waals surface area contributed by atoms with Crippen LogP contribution >= 0.6 is 0 Å². The Balaban J connectivity index is 2.02. The molecule has 0 radical (unpaired) electrons. The van der Waals surface area contributed by atoms with Gasteiger partial charge in [0.25, 0.3) is 5.91 Å². The summed E-state index contributed by atoms with van der Waals surface area (Å²) in [7, 11) is 0. The van der Waals surface area contributed by atoms with Crippen LogP contribution in [0.3, 0.4) is 0 Å². The fraction of sp³-hybridized carbons (Fsp3) is 0.562. The number of hydrogen-bond acceptors (Lipinski definition) is 2. The number of hydrogen-bond donors (Lipinski definition) is 1. The van der Waals surface area contributed by atoms with E-state index in [1.165, 1.54) is 25.0 Å². The zero-order valence-corrected chi connectivity index (χ0v) is 12.1. The molecule has 1 fully saturated rings. The highest BCUT2D eigenvalue weighted by molar-refractivity contribution is 5.94. The number of piperidine rings is 1. The van der Waals surface area contributed by atoms with E-state index in [0.29, 0.717) is 11.6 Å². The predicted octanol–water partition coefficient (Wildman–Crippen LogP) is 2.82. The maximum absolute atomic E-state index is 12.9. The minimum Gasteiger partial charge on any atom is -0.337 e. The normalized spacial score (nSPS) is 18.8. The molecule has 1 heterocycles. The molecule has 1 atom stereocenters. The van der Waals surface area contributed by atoms with Gasteiger partial charge in [0.15, 0.2) is 0 Å². The van der Waals surface area contributed by atoms with Gasteiger partial charge in [0.1, 0.15) is 5.82 Å². The van der Waals surface area contributed by atoms with E-state index in [-0.39, 0.29) is 11.7 Å². The molecule has 0 saturated carbocycles. The van der Waals surface area contributed by atoms with Gasteiger partial charge in [0.05, 0.1) is 0 Å². The fourth-order valence-electron chi connectivity index (χ4n) is 2.67. The molecule has 110 valence electrons. The van der Waals surface area contributed by atoms with Crippen LogP contribution in [0.15, 0.2) is 24.3 Å². The first-order valence-corrected chi connectivity index (χ1v) is 7.49. The van der Waals surface area contributed by atoms with E-state index in [1.807, 2.05) is 4.90 Å². The minimum absolute atomic E-state index is 0.000719. The van der Waals surface area contributed by atoms with Gasteiger partial charge in [-0.25, -0.2) is 4.39 Å². The van der Waals surface area contributed by atoms with Crippen LogP contribution in [0.2, 0.25) is 0 Å². The van der Waals surface area contributed by atoms with Crippen LogP contribution < -0.4 is 5.32 Å². The first-order chi connectivity index (χ1) is 9.70. The molecule has 1 aliphatic heterocycles. The summed E-state index contributed by atoms with van der Waals surface area (Å²) < 4.78 is 12.9. The first kappa shape index (κ1) is 15.0. The third kappa shape index (κ3) is 4.04. The summed E-state index contributed by atoms with van der Waals surface area (Å²) in [4.78, 5) is 14.4. The van der Waals surface area contributed by atoms with Gasteiger partial charge in [0, 0.05) is 24.7 Å². The van der Waals surface area contributed by atoms with Crippen LogP contribution in [-0.4, -0.2) is 36.5 Å². The summed E-state index contributed by atoms with van der Waals surface area (Å²) in [6.45, 7) is 4.59. The van der Waals surface area contributed by atoms with Crippen LogP contribution in [-0.2, 0) is 0 Å². The standard InChI is InChI=1S/C16H23FN2O/c1-2-11-19(12-15-5-3-4-10-18-15)16(20)13-6-8-14(17)9-7-13/h6-9,15,18H,2-5,10-12H2,1H3. The molecular formula is C16H23FN2O. The number of benzene rings is 1. The lowest BCUT2D eigenvalue weighted by Crippen LogP contribution is -2.46. The van der Waals surface area contributed by atoms with Crippen molar-refractivity contribution in [2.24, 2.45) is 0 Å². The van der Waals surface area contributed by atoms with Crippen LogP contribution in [0.4, 0.5) is 4.39 Å². The topological polar surface area (TPSA) is 32.3 Å². The van der Waals surface area contributed by atoms with Crippen molar-refractivity contribution in [1.29, 1.82) is 0 Å². The first-order valence-electron chi connectivity index (χ1n) is 7.49. The molecule has 0 aromatic heterocycles. The van der Waals surface area contributed by atoms with Crippen LogP contribution in [0.25, 0.3) is 0 Å². The molecule has 1 N–H and O–H groups in total. The molecule has 1 aliphatic rings. The zero-order chi connectivity index (χ0) is 14.4. The maximum Gasteiger partial charge on any atom is 0.253 e. The molecule has 1 aromatic rings. The van der Waals surface area contributed by atoms with Crippen molar-refractivity contribution in [3.63, 3.8) is 0 Å². The number of nitrogens with one attached hydrogen (secondary N) is 1. The van der Waals surface area contributed by atoms with E-state index in [1.54, 1.807) is 12.1 Å². The molecule has 1 saturated heterocycles. The molecule has 0 aliphatic carbocycles. The van der Waals surface area contributed by atoms with Gasteiger partial charge in [-0.3, -0.25) is 4.79 Å². The molecule has 1 aromatic carbocycles. The summed E-state index contributed by atoms with van der Waals surface area (Å²) in [6.07, 6.45) is 4.50. The number of carbonyl (C=O) groups is 1. The van der Waals surface area contributed by atoms with Crippen molar-refractivity contribution in [2.75, 3.05) is 19.6 Å². The molecule has 4 heteroatoms. The number of carbonyl (C=O) groups excluding carboxylic acids is 1. The number of amides is 1. The van der Waals surface area contributed by atoms with Gasteiger partial charge >= 0.3 is 0 Å². The summed E-state index contributed by atoms with van der Waals surface area (Å²) in [5.74, 6) is -0.309. The van der Waals surface area contributed by atoms with Gasteiger partial charge < -0.3 is 10.2 Å². The largest absolute Gasteiger partial charge is 0.337 e. The second-order valence-electron chi connectivity index (χ2n) is 5.40. The second-order valence-corrected chi connectivity index (χ2v) is 5.40. The van der Waals surface area contributed by atoms with Crippen molar-refractivity contribution in [3.8, 4) is 0 Å². The Bertz CT molecular complexity index is 427. The molecule has 0 spiro atoms. The summed E-state index contributed by atoms with van der Waals surface area (Å²) in [6, 6.07) is 6.20. The highest BCUT2D eigenvalue weighted by Crippen LogP contribution is 2.12. The highest BCUT2D eigenvalue weighted by atomic mass is 19.1. The van der Waals surface area contributed by atoms with Gasteiger partial charge in [-0.2, -0.15) is 0 Å². The monoisotopic (exact) mass is 278 g/mol. The lowest BCUT2D eigenvalue weighted by Gasteiger charge is -2.30. The van der Waals surface area contributed by atoms with E-state index >= 15 is 0 Å². The van der Waals surface area contributed by atoms with Crippen molar-refractivity contribution in [1.82, 2.24) is 10.2 Å². The Labute approximate surface area is 120 Å². The average Bonchev–Trinajstić information content (AvgIpc) is 2.48. The van der Waals surface area contributed by atoms with Crippen LogP contribution in [0.1, 0.15) is 43.0 Å². The summed E-state index contributed by atoms with van der Waals surface area (Å²) in [5, 5.41) is 3.47. The summed E-state index contributed by atoms with van der Waals surface area (Å²) in [5.41, 5.74) is 0.565. The molecule has 0 bridgehead atoms. The van der Waals surface area contributed by atoms with Crippen molar-refractivity contribution in [3.05, 3.63) is 35.6 Å². The fourth-order valence-corrected chi connectivity index (χ4v) is 2.67. The molecule has 20 heavy (non-hydrogen) atoms. The van der Waals surface area contributed by atoms with Gasteiger partial charge in [0.2, 0.25) is 0 Å². The third-order valence-electron chi connectivity index (χ3n) is 3.73. The number of nitrogens with zero attached hydrogens (tertiary/aromatic N) is 1. The van der Waals surface area contributed by atoms with Crippen LogP contribution in [0, 0.1) is 5.82 Å². The average molecular weight is 278 g/mol. The van der Waals surface area contributed by atoms with Crippen molar-refractivity contribution in [2.45, 2.75) is 38.6 Å². The Morgan fingerprint density at radius 2 is 2.10 bits per heavy atom.